The van der Waals surface area contributed by atoms with Gasteiger partial charge in [-0.15, -0.1) is 0 Å². The minimum Gasteiger partial charge on any atom is -0.359 e. The van der Waals surface area contributed by atoms with Gasteiger partial charge < -0.3 is 15.2 Å². The molecule has 1 aromatic rings. The molecule has 3 rings (SSSR count). The molecular weight excluding hydrogens is 254 g/mol. The van der Waals surface area contributed by atoms with Crippen molar-refractivity contribution in [2.24, 2.45) is 11.7 Å². The number of rotatable bonds is 3. The number of likely N-dealkylation sites (tertiary alicyclic amines) is 1. The van der Waals surface area contributed by atoms with Gasteiger partial charge in [-0.05, 0) is 38.5 Å². The normalized spacial score (nSPS) is 30.1. The molecule has 2 aliphatic rings. The van der Waals surface area contributed by atoms with E-state index in [1.165, 1.54) is 0 Å². The van der Waals surface area contributed by atoms with Gasteiger partial charge in [-0.3, -0.25) is 4.79 Å². The number of amides is 1. The maximum Gasteiger partial charge on any atom is 0.223 e. The number of aryl methyl sites for hydroxylation is 1. The molecule has 1 saturated heterocycles. The lowest BCUT2D eigenvalue weighted by atomic mass is 9.99. The number of carbonyl (C=O) groups excluding carboxylic acids is 1. The second kappa shape index (κ2) is 5.56. The molecule has 1 aromatic heterocycles. The summed E-state index contributed by atoms with van der Waals surface area (Å²) in [5.41, 5.74) is 6.95. The van der Waals surface area contributed by atoms with Crippen molar-refractivity contribution in [2.45, 2.75) is 57.5 Å². The van der Waals surface area contributed by atoms with Gasteiger partial charge in [-0.2, -0.15) is 0 Å². The van der Waals surface area contributed by atoms with Crippen molar-refractivity contribution in [1.29, 1.82) is 0 Å². The van der Waals surface area contributed by atoms with E-state index in [1.54, 1.807) is 0 Å². The second-order valence-electron chi connectivity index (χ2n) is 6.17. The van der Waals surface area contributed by atoms with Crippen molar-refractivity contribution in [3.05, 3.63) is 17.5 Å². The summed E-state index contributed by atoms with van der Waals surface area (Å²) in [6.07, 6.45) is 5.90. The highest BCUT2D eigenvalue weighted by Crippen LogP contribution is 2.35. The Balaban J connectivity index is 1.67. The SMILES string of the molecule is Cc1cc(C2CCCN2C(=O)C[C@@H]2CCC[C@H]2N)on1. The van der Waals surface area contributed by atoms with Crippen LogP contribution in [0.15, 0.2) is 10.6 Å². The van der Waals surface area contributed by atoms with Crippen LogP contribution in [0.4, 0.5) is 0 Å². The molecular formula is C15H23N3O2. The largest absolute Gasteiger partial charge is 0.359 e. The van der Waals surface area contributed by atoms with Gasteiger partial charge in [0.05, 0.1) is 11.7 Å². The van der Waals surface area contributed by atoms with Crippen molar-refractivity contribution >= 4 is 5.91 Å². The second-order valence-corrected chi connectivity index (χ2v) is 6.17. The molecule has 2 fully saturated rings. The van der Waals surface area contributed by atoms with Crippen molar-refractivity contribution in [2.75, 3.05) is 6.54 Å². The lowest BCUT2D eigenvalue weighted by Gasteiger charge is -2.25. The summed E-state index contributed by atoms with van der Waals surface area (Å²) in [4.78, 5) is 14.5. The first-order valence-electron chi connectivity index (χ1n) is 7.63. The number of nitrogens with two attached hydrogens (primary N) is 1. The number of hydrogen-bond donors (Lipinski definition) is 1. The third-order valence-electron chi connectivity index (χ3n) is 4.70. The van der Waals surface area contributed by atoms with Crippen LogP contribution >= 0.6 is 0 Å². The lowest BCUT2D eigenvalue weighted by molar-refractivity contribution is -0.133. The predicted molar refractivity (Wildman–Crippen MR) is 74.9 cm³/mol. The van der Waals surface area contributed by atoms with Crippen LogP contribution in [0, 0.1) is 12.8 Å². The zero-order chi connectivity index (χ0) is 14.1. The average molecular weight is 277 g/mol. The van der Waals surface area contributed by atoms with Gasteiger partial charge in [0.2, 0.25) is 5.91 Å². The lowest BCUT2D eigenvalue weighted by Crippen LogP contribution is -2.35. The minimum atomic E-state index is 0.0707. The van der Waals surface area contributed by atoms with Gasteiger partial charge in [0.15, 0.2) is 5.76 Å². The summed E-state index contributed by atoms with van der Waals surface area (Å²) in [7, 11) is 0. The van der Waals surface area contributed by atoms with Crippen LogP contribution in [-0.4, -0.2) is 28.6 Å². The number of hydrogen-bond acceptors (Lipinski definition) is 4. The average Bonchev–Trinajstić information content (AvgIpc) is 3.11. The van der Waals surface area contributed by atoms with Crippen LogP contribution in [0.25, 0.3) is 0 Å². The van der Waals surface area contributed by atoms with Crippen molar-refractivity contribution < 1.29 is 9.32 Å². The van der Waals surface area contributed by atoms with E-state index < -0.39 is 0 Å². The van der Waals surface area contributed by atoms with Gasteiger partial charge in [-0.25, -0.2) is 0 Å². The molecule has 110 valence electrons. The Morgan fingerprint density at radius 1 is 1.45 bits per heavy atom. The first kappa shape index (κ1) is 13.6. The van der Waals surface area contributed by atoms with Crippen molar-refractivity contribution in [3.8, 4) is 0 Å². The molecule has 1 aliphatic heterocycles. The molecule has 1 aliphatic carbocycles. The van der Waals surface area contributed by atoms with Crippen LogP contribution in [0.5, 0.6) is 0 Å². The molecule has 1 unspecified atom stereocenters. The fraction of sp³-hybridized carbons (Fsp3) is 0.733. The van der Waals surface area contributed by atoms with Crippen LogP contribution in [0.2, 0.25) is 0 Å². The Morgan fingerprint density at radius 3 is 2.95 bits per heavy atom. The van der Waals surface area contributed by atoms with Gasteiger partial charge in [0.25, 0.3) is 0 Å². The van der Waals surface area contributed by atoms with E-state index in [9.17, 15) is 4.79 Å². The van der Waals surface area contributed by atoms with Gasteiger partial charge >= 0.3 is 0 Å². The standard InChI is InChI=1S/C15H23N3O2/c1-10-8-14(20-17-10)13-6-3-7-18(13)15(19)9-11-4-2-5-12(11)16/h8,11-13H,2-7,9,16H2,1H3/t11-,12+,13?/m0/s1. The van der Waals surface area contributed by atoms with E-state index in [0.717, 1.165) is 50.1 Å². The maximum atomic E-state index is 12.5. The number of aromatic nitrogens is 1. The molecule has 2 heterocycles. The fourth-order valence-corrected chi connectivity index (χ4v) is 3.56. The van der Waals surface area contributed by atoms with E-state index in [0.29, 0.717) is 12.3 Å². The fourth-order valence-electron chi connectivity index (χ4n) is 3.56. The first-order chi connectivity index (χ1) is 9.65. The molecule has 20 heavy (non-hydrogen) atoms. The summed E-state index contributed by atoms with van der Waals surface area (Å²) in [6.45, 7) is 2.73. The predicted octanol–water partition coefficient (Wildman–Crippen LogP) is 2.16. The Kier molecular flexibility index (Phi) is 3.78. The third kappa shape index (κ3) is 2.59. The molecule has 5 nitrogen and oxygen atoms in total. The summed E-state index contributed by atoms with van der Waals surface area (Å²) in [5, 5.41) is 3.94. The molecule has 3 atom stereocenters. The van der Waals surface area contributed by atoms with Gasteiger partial charge in [0, 0.05) is 25.1 Å². The van der Waals surface area contributed by atoms with Crippen LogP contribution in [0.1, 0.15) is 56.0 Å². The highest BCUT2D eigenvalue weighted by molar-refractivity contribution is 5.77. The summed E-state index contributed by atoms with van der Waals surface area (Å²) < 4.78 is 5.35. The van der Waals surface area contributed by atoms with Crippen LogP contribution < -0.4 is 5.73 Å². The minimum absolute atomic E-state index is 0.0707. The van der Waals surface area contributed by atoms with E-state index in [2.05, 4.69) is 5.16 Å². The zero-order valence-electron chi connectivity index (χ0n) is 12.0. The molecule has 0 radical (unpaired) electrons. The molecule has 0 spiro atoms. The number of nitrogens with zero attached hydrogens (tertiary/aromatic N) is 2. The molecule has 0 aromatic carbocycles. The Morgan fingerprint density at radius 2 is 2.30 bits per heavy atom. The Bertz CT molecular complexity index is 485. The summed E-state index contributed by atoms with van der Waals surface area (Å²) in [6, 6.07) is 2.21. The Hall–Kier alpha value is -1.36. The van der Waals surface area contributed by atoms with Crippen molar-refractivity contribution in [3.63, 3.8) is 0 Å². The molecule has 1 amide bonds. The van der Waals surface area contributed by atoms with Gasteiger partial charge in [0.1, 0.15) is 0 Å². The summed E-state index contributed by atoms with van der Waals surface area (Å²) >= 11 is 0. The zero-order valence-corrected chi connectivity index (χ0v) is 12.0. The van der Waals surface area contributed by atoms with Crippen LogP contribution in [-0.2, 0) is 4.79 Å². The molecule has 5 heteroatoms. The van der Waals surface area contributed by atoms with Crippen LogP contribution in [0.3, 0.4) is 0 Å². The van der Waals surface area contributed by atoms with E-state index in [4.69, 9.17) is 10.3 Å². The molecule has 1 saturated carbocycles. The first-order valence-corrected chi connectivity index (χ1v) is 7.63. The highest BCUT2D eigenvalue weighted by Gasteiger charge is 2.35. The summed E-state index contributed by atoms with van der Waals surface area (Å²) in [5.74, 6) is 1.41. The van der Waals surface area contributed by atoms with E-state index in [1.807, 2.05) is 17.9 Å². The van der Waals surface area contributed by atoms with Gasteiger partial charge in [-0.1, -0.05) is 11.6 Å². The topological polar surface area (TPSA) is 72.4 Å². The Labute approximate surface area is 119 Å². The maximum absolute atomic E-state index is 12.5. The number of carbonyl (C=O) groups is 1. The van der Waals surface area contributed by atoms with E-state index in [-0.39, 0.29) is 18.0 Å². The quantitative estimate of drug-likeness (QED) is 0.919. The molecule has 2 N–H and O–H groups in total. The smallest absolute Gasteiger partial charge is 0.223 e. The molecule has 0 bridgehead atoms. The highest BCUT2D eigenvalue weighted by atomic mass is 16.5. The monoisotopic (exact) mass is 277 g/mol. The van der Waals surface area contributed by atoms with E-state index >= 15 is 0 Å². The van der Waals surface area contributed by atoms with Crippen molar-refractivity contribution in [1.82, 2.24) is 10.1 Å². The third-order valence-corrected chi connectivity index (χ3v) is 4.70.